The summed E-state index contributed by atoms with van der Waals surface area (Å²) in [5.74, 6) is 0.841. The lowest BCUT2D eigenvalue weighted by molar-refractivity contribution is 0.0170. The zero-order valence-electron chi connectivity index (χ0n) is 19.2. The molecule has 3 rings (SSSR count). The standard InChI is InChI=1S/C23H36N6O.HI/c1-18-6-8-21(9-7-18)22(28-12-14-30-15-13-28)17-26-23(24-4)25-10-5-11-29-20(3)16-19(2)27-29;/h6-9,16,22H,5,10-15,17H2,1-4H3,(H2,24,25,26);1H. The van der Waals surface area contributed by atoms with E-state index in [1.54, 1.807) is 0 Å². The average molecular weight is 540 g/mol. The Hall–Kier alpha value is -1.65. The first-order chi connectivity index (χ1) is 14.6. The van der Waals surface area contributed by atoms with Crippen LogP contribution in [0.15, 0.2) is 35.3 Å². The number of morpholine rings is 1. The van der Waals surface area contributed by atoms with Crippen LogP contribution < -0.4 is 10.6 Å². The second kappa shape index (κ2) is 13.0. The number of aliphatic imine (C=N–C) groups is 1. The van der Waals surface area contributed by atoms with Gasteiger partial charge in [-0.1, -0.05) is 29.8 Å². The Bertz CT molecular complexity index is 814. The van der Waals surface area contributed by atoms with E-state index in [1.807, 2.05) is 14.0 Å². The third kappa shape index (κ3) is 7.76. The van der Waals surface area contributed by atoms with Crippen molar-refractivity contribution in [3.05, 3.63) is 52.8 Å². The van der Waals surface area contributed by atoms with Crippen LogP contribution in [0.3, 0.4) is 0 Å². The lowest BCUT2D eigenvalue weighted by atomic mass is 10.0. The highest BCUT2D eigenvalue weighted by molar-refractivity contribution is 14.0. The predicted octanol–water partition coefficient (Wildman–Crippen LogP) is 3.05. The second-order valence-electron chi connectivity index (χ2n) is 7.96. The molecule has 1 saturated heterocycles. The first-order valence-electron chi connectivity index (χ1n) is 10.9. The van der Waals surface area contributed by atoms with E-state index in [1.165, 1.54) is 16.8 Å². The van der Waals surface area contributed by atoms with E-state index < -0.39 is 0 Å². The molecular weight excluding hydrogens is 503 g/mol. The molecule has 2 heterocycles. The van der Waals surface area contributed by atoms with E-state index in [0.717, 1.165) is 64.0 Å². The van der Waals surface area contributed by atoms with E-state index in [4.69, 9.17) is 4.74 Å². The molecule has 1 aliphatic rings. The Morgan fingerprint density at radius 2 is 1.84 bits per heavy atom. The van der Waals surface area contributed by atoms with E-state index in [9.17, 15) is 0 Å². The summed E-state index contributed by atoms with van der Waals surface area (Å²) < 4.78 is 7.63. The summed E-state index contributed by atoms with van der Waals surface area (Å²) in [4.78, 5) is 6.91. The molecule has 2 aromatic rings. The molecule has 2 N–H and O–H groups in total. The summed E-state index contributed by atoms with van der Waals surface area (Å²) in [6, 6.07) is 11.3. The predicted molar refractivity (Wildman–Crippen MR) is 137 cm³/mol. The molecule has 1 unspecified atom stereocenters. The number of benzene rings is 1. The number of aryl methyl sites for hydroxylation is 4. The van der Waals surface area contributed by atoms with Crippen LogP contribution in [0.5, 0.6) is 0 Å². The van der Waals surface area contributed by atoms with E-state index in [2.05, 4.69) is 74.5 Å². The maximum Gasteiger partial charge on any atom is 0.191 e. The van der Waals surface area contributed by atoms with E-state index in [-0.39, 0.29) is 24.0 Å². The first-order valence-corrected chi connectivity index (χ1v) is 10.9. The van der Waals surface area contributed by atoms with Crippen LogP contribution in [-0.2, 0) is 11.3 Å². The molecule has 0 bridgehead atoms. The Morgan fingerprint density at radius 3 is 2.45 bits per heavy atom. The van der Waals surface area contributed by atoms with Crippen molar-refractivity contribution in [3.8, 4) is 0 Å². The third-order valence-corrected chi connectivity index (χ3v) is 5.58. The highest BCUT2D eigenvalue weighted by atomic mass is 127. The normalized spacial score (nSPS) is 15.9. The minimum Gasteiger partial charge on any atom is -0.379 e. The molecule has 31 heavy (non-hydrogen) atoms. The van der Waals surface area contributed by atoms with Gasteiger partial charge in [0.1, 0.15) is 0 Å². The van der Waals surface area contributed by atoms with Crippen molar-refractivity contribution < 1.29 is 4.74 Å². The number of nitrogens with zero attached hydrogens (tertiary/aromatic N) is 4. The quantitative estimate of drug-likeness (QED) is 0.233. The van der Waals surface area contributed by atoms with Gasteiger partial charge in [-0.25, -0.2) is 0 Å². The highest BCUT2D eigenvalue weighted by Gasteiger charge is 2.22. The van der Waals surface area contributed by atoms with Crippen LogP contribution in [0.25, 0.3) is 0 Å². The molecule has 0 saturated carbocycles. The van der Waals surface area contributed by atoms with Gasteiger partial charge in [0.15, 0.2) is 5.96 Å². The van der Waals surface area contributed by atoms with Crippen molar-refractivity contribution in [3.63, 3.8) is 0 Å². The number of halogens is 1. The molecular formula is C23H37IN6O. The van der Waals surface area contributed by atoms with Gasteiger partial charge < -0.3 is 15.4 Å². The molecule has 0 aliphatic carbocycles. The largest absolute Gasteiger partial charge is 0.379 e. The first kappa shape index (κ1) is 25.6. The smallest absolute Gasteiger partial charge is 0.191 e. The molecule has 7 nitrogen and oxygen atoms in total. The van der Waals surface area contributed by atoms with Crippen molar-refractivity contribution in [2.24, 2.45) is 4.99 Å². The van der Waals surface area contributed by atoms with Gasteiger partial charge in [0.25, 0.3) is 0 Å². The number of hydrogen-bond acceptors (Lipinski definition) is 4. The van der Waals surface area contributed by atoms with E-state index in [0.29, 0.717) is 6.04 Å². The number of ether oxygens (including phenoxy) is 1. The van der Waals surface area contributed by atoms with Gasteiger partial charge in [0, 0.05) is 45.5 Å². The van der Waals surface area contributed by atoms with Gasteiger partial charge in [0.05, 0.1) is 24.9 Å². The van der Waals surface area contributed by atoms with Crippen molar-refractivity contribution in [2.45, 2.75) is 39.8 Å². The van der Waals surface area contributed by atoms with Crippen molar-refractivity contribution in [2.75, 3.05) is 46.4 Å². The zero-order chi connectivity index (χ0) is 21.3. The summed E-state index contributed by atoms with van der Waals surface area (Å²) in [6.07, 6.45) is 0.994. The molecule has 1 atom stereocenters. The van der Waals surface area contributed by atoms with Gasteiger partial charge >= 0.3 is 0 Å². The lowest BCUT2D eigenvalue weighted by Gasteiger charge is -2.35. The molecule has 172 valence electrons. The summed E-state index contributed by atoms with van der Waals surface area (Å²) in [5.41, 5.74) is 4.90. The number of hydrogen-bond donors (Lipinski definition) is 2. The molecule has 0 spiro atoms. The molecule has 1 aromatic heterocycles. The SMILES string of the molecule is CN=C(NCCCn1nc(C)cc1C)NCC(c1ccc(C)cc1)N1CCOCC1.I. The van der Waals surface area contributed by atoms with Crippen LogP contribution in [0.1, 0.15) is 35.0 Å². The summed E-state index contributed by atoms with van der Waals surface area (Å²) >= 11 is 0. The summed E-state index contributed by atoms with van der Waals surface area (Å²) in [5, 5.41) is 11.5. The topological polar surface area (TPSA) is 66.7 Å². The fourth-order valence-electron chi connectivity index (χ4n) is 3.89. The van der Waals surface area contributed by atoms with Gasteiger partial charge in [-0.3, -0.25) is 14.6 Å². The van der Waals surface area contributed by atoms with Crippen LogP contribution in [0.2, 0.25) is 0 Å². The third-order valence-electron chi connectivity index (χ3n) is 5.58. The summed E-state index contributed by atoms with van der Waals surface area (Å²) in [7, 11) is 1.83. The summed E-state index contributed by atoms with van der Waals surface area (Å²) in [6.45, 7) is 12.3. The monoisotopic (exact) mass is 540 g/mol. The fourth-order valence-corrected chi connectivity index (χ4v) is 3.89. The van der Waals surface area contributed by atoms with Gasteiger partial charge in [-0.15, -0.1) is 24.0 Å². The number of aromatic nitrogens is 2. The molecule has 1 aromatic carbocycles. The maximum atomic E-state index is 5.56. The molecule has 8 heteroatoms. The zero-order valence-corrected chi connectivity index (χ0v) is 21.6. The van der Waals surface area contributed by atoms with Gasteiger partial charge in [0.2, 0.25) is 0 Å². The van der Waals surface area contributed by atoms with E-state index >= 15 is 0 Å². The fraction of sp³-hybridized carbons (Fsp3) is 0.565. The highest BCUT2D eigenvalue weighted by Crippen LogP contribution is 2.21. The Morgan fingerprint density at radius 1 is 1.13 bits per heavy atom. The van der Waals surface area contributed by atoms with Crippen LogP contribution in [0.4, 0.5) is 0 Å². The number of rotatable bonds is 8. The second-order valence-corrected chi connectivity index (χ2v) is 7.96. The van der Waals surface area contributed by atoms with Gasteiger partial charge in [-0.05, 0) is 38.8 Å². The minimum absolute atomic E-state index is 0. The Balaban J connectivity index is 0.00000341. The van der Waals surface area contributed by atoms with Crippen molar-refractivity contribution >= 4 is 29.9 Å². The molecule has 1 fully saturated rings. The van der Waals surface area contributed by atoms with Crippen LogP contribution in [-0.4, -0.2) is 67.1 Å². The molecule has 1 aliphatic heterocycles. The van der Waals surface area contributed by atoms with Crippen LogP contribution >= 0.6 is 24.0 Å². The average Bonchev–Trinajstić information content (AvgIpc) is 3.08. The van der Waals surface area contributed by atoms with Gasteiger partial charge in [-0.2, -0.15) is 5.10 Å². The van der Waals surface area contributed by atoms with Crippen molar-refractivity contribution in [1.82, 2.24) is 25.3 Å². The number of guanidine groups is 1. The van der Waals surface area contributed by atoms with Crippen molar-refractivity contribution in [1.29, 1.82) is 0 Å². The number of nitrogens with one attached hydrogen (secondary N) is 2. The lowest BCUT2D eigenvalue weighted by Crippen LogP contribution is -2.46. The minimum atomic E-state index is 0. The maximum absolute atomic E-state index is 5.56. The molecule has 0 amide bonds. The Kier molecular flexibility index (Phi) is 10.8. The Labute approximate surface area is 203 Å². The molecule has 0 radical (unpaired) electrons. The van der Waals surface area contributed by atoms with Crippen LogP contribution in [0, 0.1) is 20.8 Å².